The summed E-state index contributed by atoms with van der Waals surface area (Å²) in [7, 11) is 1.50. The molecule has 0 unspecified atom stereocenters. The van der Waals surface area contributed by atoms with Crippen LogP contribution in [0.3, 0.4) is 0 Å². The second kappa shape index (κ2) is 8.49. The highest BCUT2D eigenvalue weighted by Gasteiger charge is 2.14. The fourth-order valence-electron chi connectivity index (χ4n) is 2.39. The van der Waals surface area contributed by atoms with Gasteiger partial charge in [0.2, 0.25) is 0 Å². The number of anilines is 2. The summed E-state index contributed by atoms with van der Waals surface area (Å²) < 4.78 is 18.4. The quantitative estimate of drug-likeness (QED) is 0.667. The third-order valence-corrected chi connectivity index (χ3v) is 4.04. The maximum absolute atomic E-state index is 13.2. The molecule has 0 bridgehead atoms. The lowest BCUT2D eigenvalue weighted by Gasteiger charge is -2.10. The first kappa shape index (κ1) is 19.3. The summed E-state index contributed by atoms with van der Waals surface area (Å²) in [4.78, 5) is 28.9. The average molecular weight is 400 g/mol. The number of ether oxygens (including phenoxy) is 1. The van der Waals surface area contributed by atoms with Gasteiger partial charge in [0, 0.05) is 5.69 Å². The molecule has 28 heavy (non-hydrogen) atoms. The zero-order valence-electron chi connectivity index (χ0n) is 14.7. The minimum Gasteiger partial charge on any atom is -0.495 e. The largest absolute Gasteiger partial charge is 0.495 e. The lowest BCUT2D eigenvalue weighted by atomic mass is 10.2. The molecule has 0 aliphatic carbocycles. The Balaban J connectivity index is 1.76. The maximum Gasteiger partial charge on any atom is 0.274 e. The predicted molar refractivity (Wildman–Crippen MR) is 105 cm³/mol. The molecule has 6 nitrogen and oxygen atoms in total. The molecule has 2 amide bonds. The van der Waals surface area contributed by atoms with Gasteiger partial charge in [-0.15, -0.1) is 0 Å². The Morgan fingerprint density at radius 2 is 1.64 bits per heavy atom. The highest BCUT2D eigenvalue weighted by atomic mass is 35.5. The van der Waals surface area contributed by atoms with Gasteiger partial charge in [0.15, 0.2) is 0 Å². The second-order valence-corrected chi connectivity index (χ2v) is 6.05. The molecule has 0 fully saturated rings. The number of nitrogens with zero attached hydrogens (tertiary/aromatic N) is 1. The Bertz CT molecular complexity index is 1040. The van der Waals surface area contributed by atoms with Gasteiger partial charge in [0.25, 0.3) is 11.8 Å². The molecule has 2 aromatic carbocycles. The number of amides is 2. The van der Waals surface area contributed by atoms with Gasteiger partial charge in [0.1, 0.15) is 23.0 Å². The first-order chi connectivity index (χ1) is 13.5. The van der Waals surface area contributed by atoms with Crippen LogP contribution in [-0.2, 0) is 0 Å². The minimum absolute atomic E-state index is 0.0214. The van der Waals surface area contributed by atoms with Crippen LogP contribution >= 0.6 is 11.6 Å². The van der Waals surface area contributed by atoms with Crippen molar-refractivity contribution in [1.82, 2.24) is 4.98 Å². The molecule has 142 valence electrons. The van der Waals surface area contributed by atoms with E-state index in [1.165, 1.54) is 37.4 Å². The zero-order chi connectivity index (χ0) is 20.1. The fraction of sp³-hybridized carbons (Fsp3) is 0.0500. The molecular weight excluding hydrogens is 385 g/mol. The predicted octanol–water partition coefficient (Wildman–Crippen LogP) is 4.39. The Morgan fingerprint density at radius 3 is 2.32 bits per heavy atom. The Morgan fingerprint density at radius 1 is 0.964 bits per heavy atom. The zero-order valence-corrected chi connectivity index (χ0v) is 15.5. The van der Waals surface area contributed by atoms with E-state index in [1.54, 1.807) is 24.3 Å². The highest BCUT2D eigenvalue weighted by Crippen LogP contribution is 2.23. The molecule has 3 aromatic rings. The average Bonchev–Trinajstić information content (AvgIpc) is 2.71. The van der Waals surface area contributed by atoms with E-state index < -0.39 is 17.6 Å². The number of hydrogen-bond acceptors (Lipinski definition) is 4. The molecule has 8 heteroatoms. The first-order valence-electron chi connectivity index (χ1n) is 8.16. The SMILES string of the molecule is COc1ccccc1NC(=O)c1cccc(C(=O)Nc2ccc(F)c(Cl)c2)n1. The number of halogens is 2. The maximum atomic E-state index is 13.2. The third kappa shape index (κ3) is 4.44. The Kier molecular flexibility index (Phi) is 5.86. The van der Waals surface area contributed by atoms with Crippen molar-refractivity contribution in [2.24, 2.45) is 0 Å². The van der Waals surface area contributed by atoms with E-state index in [9.17, 15) is 14.0 Å². The molecule has 3 rings (SSSR count). The van der Waals surface area contributed by atoms with Gasteiger partial charge in [0.05, 0.1) is 17.8 Å². The van der Waals surface area contributed by atoms with E-state index in [4.69, 9.17) is 16.3 Å². The number of pyridine rings is 1. The number of carbonyl (C=O) groups is 2. The molecule has 0 spiro atoms. The normalized spacial score (nSPS) is 10.2. The number of aromatic nitrogens is 1. The minimum atomic E-state index is -0.590. The van der Waals surface area contributed by atoms with Crippen molar-refractivity contribution in [3.05, 3.63) is 82.9 Å². The van der Waals surface area contributed by atoms with E-state index >= 15 is 0 Å². The summed E-state index contributed by atoms with van der Waals surface area (Å²) in [6.45, 7) is 0. The van der Waals surface area contributed by atoms with Crippen molar-refractivity contribution in [1.29, 1.82) is 0 Å². The van der Waals surface area contributed by atoms with Crippen molar-refractivity contribution in [2.45, 2.75) is 0 Å². The van der Waals surface area contributed by atoms with Gasteiger partial charge >= 0.3 is 0 Å². The Hall–Kier alpha value is -3.45. The van der Waals surface area contributed by atoms with Gasteiger partial charge in [-0.1, -0.05) is 29.8 Å². The molecule has 2 N–H and O–H groups in total. The van der Waals surface area contributed by atoms with Crippen LogP contribution in [0, 0.1) is 5.82 Å². The summed E-state index contributed by atoms with van der Waals surface area (Å²) in [5.74, 6) is -1.15. The topological polar surface area (TPSA) is 80.3 Å². The van der Waals surface area contributed by atoms with Gasteiger partial charge in [-0.3, -0.25) is 9.59 Å². The van der Waals surface area contributed by atoms with Crippen LogP contribution in [0.2, 0.25) is 5.02 Å². The third-order valence-electron chi connectivity index (χ3n) is 3.75. The van der Waals surface area contributed by atoms with Crippen LogP contribution in [0.4, 0.5) is 15.8 Å². The monoisotopic (exact) mass is 399 g/mol. The summed E-state index contributed by atoms with van der Waals surface area (Å²) >= 11 is 5.71. The van der Waals surface area contributed by atoms with E-state index in [2.05, 4.69) is 15.6 Å². The number of rotatable bonds is 5. The van der Waals surface area contributed by atoms with Crippen molar-refractivity contribution >= 4 is 34.8 Å². The van der Waals surface area contributed by atoms with Crippen molar-refractivity contribution in [3.8, 4) is 5.75 Å². The summed E-state index contributed by atoms with van der Waals surface area (Å²) in [6, 6.07) is 15.2. The second-order valence-electron chi connectivity index (χ2n) is 5.65. The highest BCUT2D eigenvalue weighted by molar-refractivity contribution is 6.31. The molecule has 0 aliphatic rings. The summed E-state index contributed by atoms with van der Waals surface area (Å²) in [5, 5.41) is 5.13. The summed E-state index contributed by atoms with van der Waals surface area (Å²) in [6.07, 6.45) is 0. The van der Waals surface area contributed by atoms with Crippen LogP contribution in [-0.4, -0.2) is 23.9 Å². The molecule has 1 heterocycles. The van der Waals surface area contributed by atoms with E-state index in [0.717, 1.165) is 6.07 Å². The first-order valence-corrected chi connectivity index (χ1v) is 8.53. The van der Waals surface area contributed by atoms with Crippen LogP contribution in [0.5, 0.6) is 5.75 Å². The molecular formula is C20H15ClFN3O3. The number of para-hydroxylation sites is 2. The molecule has 0 saturated heterocycles. The number of benzene rings is 2. The molecule has 0 atom stereocenters. The molecule has 1 aromatic heterocycles. The lowest BCUT2D eigenvalue weighted by molar-refractivity contribution is 0.101. The van der Waals surface area contributed by atoms with Crippen molar-refractivity contribution < 1.29 is 18.7 Å². The molecule has 0 radical (unpaired) electrons. The smallest absolute Gasteiger partial charge is 0.274 e. The van der Waals surface area contributed by atoms with Crippen LogP contribution in [0.1, 0.15) is 21.0 Å². The van der Waals surface area contributed by atoms with Gasteiger partial charge in [-0.25, -0.2) is 9.37 Å². The van der Waals surface area contributed by atoms with E-state index in [-0.39, 0.29) is 16.4 Å². The Labute approximate surface area is 165 Å². The van der Waals surface area contributed by atoms with Gasteiger partial charge in [-0.2, -0.15) is 0 Å². The lowest BCUT2D eigenvalue weighted by Crippen LogP contribution is -2.18. The molecule has 0 aliphatic heterocycles. The fourth-order valence-corrected chi connectivity index (χ4v) is 2.57. The standard InChI is InChI=1S/C20H15ClFN3O3/c1-28-18-8-3-2-5-15(18)25-20(27)17-7-4-6-16(24-17)19(26)23-12-9-10-14(22)13(21)11-12/h2-11H,1H3,(H,23,26)(H,25,27). The summed E-state index contributed by atoms with van der Waals surface area (Å²) in [5.41, 5.74) is 0.860. The number of methoxy groups -OCH3 is 1. The van der Waals surface area contributed by atoms with Crippen LogP contribution in [0.15, 0.2) is 60.7 Å². The molecule has 0 saturated carbocycles. The number of carbonyl (C=O) groups excluding carboxylic acids is 2. The number of hydrogen-bond donors (Lipinski definition) is 2. The number of nitrogens with one attached hydrogen (secondary N) is 2. The van der Waals surface area contributed by atoms with Gasteiger partial charge in [-0.05, 0) is 42.5 Å². The van der Waals surface area contributed by atoms with Crippen molar-refractivity contribution in [3.63, 3.8) is 0 Å². The van der Waals surface area contributed by atoms with Crippen LogP contribution < -0.4 is 15.4 Å². The van der Waals surface area contributed by atoms with Crippen molar-refractivity contribution in [2.75, 3.05) is 17.7 Å². The van der Waals surface area contributed by atoms with E-state index in [1.807, 2.05) is 0 Å². The van der Waals surface area contributed by atoms with Gasteiger partial charge < -0.3 is 15.4 Å². The van der Waals surface area contributed by atoms with Crippen LogP contribution in [0.25, 0.3) is 0 Å². The van der Waals surface area contributed by atoms with E-state index in [0.29, 0.717) is 17.1 Å².